The van der Waals surface area contributed by atoms with Crippen molar-refractivity contribution < 1.29 is 9.52 Å². The van der Waals surface area contributed by atoms with Crippen molar-refractivity contribution in [2.24, 2.45) is 0 Å². The van der Waals surface area contributed by atoms with Crippen molar-refractivity contribution in [1.82, 2.24) is 4.98 Å². The van der Waals surface area contributed by atoms with Crippen molar-refractivity contribution in [1.29, 1.82) is 0 Å². The molecule has 3 nitrogen and oxygen atoms in total. The van der Waals surface area contributed by atoms with Crippen LogP contribution in [0.5, 0.6) is 0 Å². The molecule has 0 aliphatic carbocycles. The zero-order chi connectivity index (χ0) is 12.5. The number of aliphatic hydroxyl groups is 1. The second-order valence-electron chi connectivity index (χ2n) is 4.01. The number of pyridine rings is 1. The van der Waals surface area contributed by atoms with Gasteiger partial charge in [0.25, 0.3) is 0 Å². The molecule has 0 spiro atoms. The summed E-state index contributed by atoms with van der Waals surface area (Å²) in [5.41, 5.74) is 2.36. The van der Waals surface area contributed by atoms with E-state index in [-0.39, 0.29) is 0 Å². The third-order valence-electron chi connectivity index (χ3n) is 2.87. The van der Waals surface area contributed by atoms with E-state index in [0.29, 0.717) is 10.2 Å². The number of aliphatic hydroxyl groups excluding tert-OH is 1. The van der Waals surface area contributed by atoms with Crippen LogP contribution in [0.3, 0.4) is 0 Å². The monoisotopic (exact) mass is 303 g/mol. The average Bonchev–Trinajstić information content (AvgIpc) is 2.83. The summed E-state index contributed by atoms with van der Waals surface area (Å²) in [5, 5.41) is 11.3. The standard InChI is InChI=1S/C14H10BrNO2/c15-14-11(5-6-18-14)13(17)10-7-9-3-1-2-4-12(9)16-8-10/h1-8,13,17H. The Morgan fingerprint density at radius 2 is 2.06 bits per heavy atom. The summed E-state index contributed by atoms with van der Waals surface area (Å²) in [4.78, 5) is 4.34. The molecule has 18 heavy (non-hydrogen) atoms. The zero-order valence-electron chi connectivity index (χ0n) is 9.38. The molecule has 0 aliphatic rings. The van der Waals surface area contributed by atoms with E-state index in [0.717, 1.165) is 16.5 Å². The van der Waals surface area contributed by atoms with Crippen LogP contribution in [0, 0.1) is 0 Å². The summed E-state index contributed by atoms with van der Waals surface area (Å²) in [6, 6.07) is 11.5. The van der Waals surface area contributed by atoms with Crippen LogP contribution in [0.1, 0.15) is 17.2 Å². The molecule has 0 saturated carbocycles. The van der Waals surface area contributed by atoms with Gasteiger partial charge >= 0.3 is 0 Å². The van der Waals surface area contributed by atoms with Crippen LogP contribution in [-0.4, -0.2) is 10.1 Å². The summed E-state index contributed by atoms with van der Waals surface area (Å²) in [5.74, 6) is 0. The molecule has 0 saturated heterocycles. The lowest BCUT2D eigenvalue weighted by atomic mass is 10.0. The Morgan fingerprint density at radius 3 is 2.83 bits per heavy atom. The van der Waals surface area contributed by atoms with Crippen molar-refractivity contribution in [3.63, 3.8) is 0 Å². The van der Waals surface area contributed by atoms with Gasteiger partial charge in [0.15, 0.2) is 4.67 Å². The fourth-order valence-electron chi connectivity index (χ4n) is 1.92. The van der Waals surface area contributed by atoms with Gasteiger partial charge in [-0.25, -0.2) is 0 Å². The van der Waals surface area contributed by atoms with Crippen LogP contribution in [0.4, 0.5) is 0 Å². The quantitative estimate of drug-likeness (QED) is 0.785. The van der Waals surface area contributed by atoms with Crippen molar-refractivity contribution in [2.45, 2.75) is 6.10 Å². The largest absolute Gasteiger partial charge is 0.457 e. The highest BCUT2D eigenvalue weighted by Gasteiger charge is 2.16. The molecule has 90 valence electrons. The van der Waals surface area contributed by atoms with Gasteiger partial charge < -0.3 is 9.52 Å². The Bertz CT molecular complexity index is 693. The Kier molecular flexibility index (Phi) is 2.89. The van der Waals surface area contributed by atoms with Gasteiger partial charge in [0, 0.05) is 22.7 Å². The maximum Gasteiger partial charge on any atom is 0.175 e. The lowest BCUT2D eigenvalue weighted by Gasteiger charge is -2.10. The highest BCUT2D eigenvalue weighted by molar-refractivity contribution is 9.10. The molecule has 1 aromatic carbocycles. The molecule has 0 radical (unpaired) electrons. The van der Waals surface area contributed by atoms with Gasteiger partial charge in [0.2, 0.25) is 0 Å². The minimum Gasteiger partial charge on any atom is -0.457 e. The number of rotatable bonds is 2. The Labute approximate surface area is 112 Å². The summed E-state index contributed by atoms with van der Waals surface area (Å²) in [7, 11) is 0. The first kappa shape index (κ1) is 11.4. The summed E-state index contributed by atoms with van der Waals surface area (Å²) >= 11 is 3.27. The van der Waals surface area contributed by atoms with Gasteiger partial charge in [-0.1, -0.05) is 18.2 Å². The maximum absolute atomic E-state index is 10.3. The first-order valence-corrected chi connectivity index (χ1v) is 6.30. The van der Waals surface area contributed by atoms with Gasteiger partial charge in [-0.2, -0.15) is 0 Å². The van der Waals surface area contributed by atoms with Crippen molar-refractivity contribution in [3.05, 3.63) is 64.7 Å². The number of nitrogens with zero attached hydrogens (tertiary/aromatic N) is 1. The number of fused-ring (bicyclic) bond motifs is 1. The number of furan rings is 1. The normalized spacial score (nSPS) is 12.8. The summed E-state index contributed by atoms with van der Waals surface area (Å²) in [6.45, 7) is 0. The van der Waals surface area contributed by atoms with E-state index in [1.165, 1.54) is 6.26 Å². The predicted molar refractivity (Wildman–Crippen MR) is 72.2 cm³/mol. The lowest BCUT2D eigenvalue weighted by Crippen LogP contribution is -1.99. The van der Waals surface area contributed by atoms with Crippen LogP contribution in [0.15, 0.2) is 57.9 Å². The van der Waals surface area contributed by atoms with Gasteiger partial charge in [-0.3, -0.25) is 4.98 Å². The highest BCUT2D eigenvalue weighted by Crippen LogP contribution is 2.30. The van der Waals surface area contributed by atoms with Crippen LogP contribution in [-0.2, 0) is 0 Å². The first-order chi connectivity index (χ1) is 8.75. The van der Waals surface area contributed by atoms with E-state index < -0.39 is 6.10 Å². The highest BCUT2D eigenvalue weighted by atomic mass is 79.9. The smallest absolute Gasteiger partial charge is 0.175 e. The van der Waals surface area contributed by atoms with Gasteiger partial charge in [-0.05, 0) is 34.1 Å². The van der Waals surface area contributed by atoms with E-state index >= 15 is 0 Å². The van der Waals surface area contributed by atoms with Gasteiger partial charge in [0.05, 0.1) is 11.8 Å². The third-order valence-corrected chi connectivity index (χ3v) is 3.51. The molecular formula is C14H10BrNO2. The number of benzene rings is 1. The average molecular weight is 304 g/mol. The van der Waals surface area contributed by atoms with Crippen LogP contribution in [0.2, 0.25) is 0 Å². The number of hydrogen-bond donors (Lipinski definition) is 1. The number of halogens is 1. The van der Waals surface area contributed by atoms with Gasteiger partial charge in [-0.15, -0.1) is 0 Å². The van der Waals surface area contributed by atoms with E-state index in [1.54, 1.807) is 12.3 Å². The molecule has 0 amide bonds. The molecule has 2 heterocycles. The van der Waals surface area contributed by atoms with E-state index in [9.17, 15) is 5.11 Å². The number of para-hydroxylation sites is 1. The van der Waals surface area contributed by atoms with Crippen LogP contribution in [0.25, 0.3) is 10.9 Å². The second-order valence-corrected chi connectivity index (χ2v) is 4.73. The topological polar surface area (TPSA) is 46.3 Å². The summed E-state index contributed by atoms with van der Waals surface area (Å²) in [6.07, 6.45) is 2.49. The molecule has 2 aromatic heterocycles. The zero-order valence-corrected chi connectivity index (χ0v) is 11.0. The summed E-state index contributed by atoms with van der Waals surface area (Å²) < 4.78 is 5.68. The molecule has 1 atom stereocenters. The van der Waals surface area contributed by atoms with Crippen LogP contribution >= 0.6 is 15.9 Å². The Morgan fingerprint density at radius 1 is 1.22 bits per heavy atom. The first-order valence-electron chi connectivity index (χ1n) is 5.51. The van der Waals surface area contributed by atoms with Crippen molar-refractivity contribution >= 4 is 26.8 Å². The fourth-order valence-corrected chi connectivity index (χ4v) is 2.37. The molecular weight excluding hydrogens is 294 g/mol. The SMILES string of the molecule is OC(c1cnc2ccccc2c1)c1ccoc1Br. The van der Waals surface area contributed by atoms with E-state index in [1.807, 2.05) is 30.3 Å². The van der Waals surface area contributed by atoms with E-state index in [4.69, 9.17) is 4.42 Å². The van der Waals surface area contributed by atoms with Crippen molar-refractivity contribution in [3.8, 4) is 0 Å². The molecule has 3 rings (SSSR count). The molecule has 0 aliphatic heterocycles. The van der Waals surface area contributed by atoms with Crippen molar-refractivity contribution in [2.75, 3.05) is 0 Å². The predicted octanol–water partition coefficient (Wildman–Crippen LogP) is 3.67. The Hall–Kier alpha value is -1.65. The molecule has 1 N–H and O–H groups in total. The van der Waals surface area contributed by atoms with Crippen LogP contribution < -0.4 is 0 Å². The maximum atomic E-state index is 10.3. The number of hydrogen-bond acceptors (Lipinski definition) is 3. The molecule has 0 bridgehead atoms. The molecule has 1 unspecified atom stereocenters. The van der Waals surface area contributed by atoms with E-state index in [2.05, 4.69) is 20.9 Å². The minimum absolute atomic E-state index is 0.545. The fraction of sp³-hybridized carbons (Fsp3) is 0.0714. The van der Waals surface area contributed by atoms with Gasteiger partial charge in [0.1, 0.15) is 6.10 Å². The third kappa shape index (κ3) is 1.94. The molecule has 4 heteroatoms. The number of aromatic nitrogens is 1. The molecule has 3 aromatic rings. The lowest BCUT2D eigenvalue weighted by molar-refractivity contribution is 0.217. The minimum atomic E-state index is -0.741. The Balaban J connectivity index is 2.07. The second kappa shape index (κ2) is 4.55. The molecule has 0 fully saturated rings.